The molecule has 0 bridgehead atoms. The van der Waals surface area contributed by atoms with Crippen molar-refractivity contribution in [3.8, 4) is 11.5 Å². The van der Waals surface area contributed by atoms with Crippen molar-refractivity contribution in [2.24, 2.45) is 0 Å². The Hall–Kier alpha value is -3.43. The molecule has 3 rings (SSSR count). The summed E-state index contributed by atoms with van der Waals surface area (Å²) in [6, 6.07) is 22.6. The summed E-state index contributed by atoms with van der Waals surface area (Å²) in [5.74, 6) is 0.498. The summed E-state index contributed by atoms with van der Waals surface area (Å²) in [6.07, 6.45) is 0.702. The highest BCUT2D eigenvalue weighted by Gasteiger charge is 2.15. The first-order valence-corrected chi connectivity index (χ1v) is 12.6. The highest BCUT2D eigenvalue weighted by atomic mass is 79.9. The van der Waals surface area contributed by atoms with Crippen LogP contribution >= 0.6 is 28.1 Å². The Bertz CT molecular complexity index is 1190. The number of amides is 2. The molecule has 0 spiro atoms. The molecule has 0 atom stereocenters. The second-order valence-electron chi connectivity index (χ2n) is 8.19. The maximum absolute atomic E-state index is 12.8. The molecule has 188 valence electrons. The smallest absolute Gasteiger partial charge is 0.276 e. The first-order valence-electron chi connectivity index (χ1n) is 11.4. The van der Waals surface area contributed by atoms with Crippen molar-refractivity contribution in [3.63, 3.8) is 0 Å². The third-order valence-corrected chi connectivity index (χ3v) is 5.83. The molecule has 0 aliphatic heterocycles. The molecule has 0 saturated heterocycles. The van der Waals surface area contributed by atoms with Gasteiger partial charge in [-0.3, -0.25) is 25.8 Å². The van der Waals surface area contributed by atoms with E-state index in [2.05, 4.69) is 45.9 Å². The zero-order chi connectivity index (χ0) is 25.9. The van der Waals surface area contributed by atoms with Crippen LogP contribution in [0, 0.1) is 0 Å². The highest BCUT2D eigenvalue weighted by Crippen LogP contribution is 2.23. The zero-order valence-corrected chi connectivity index (χ0v) is 22.4. The number of rotatable bonds is 9. The van der Waals surface area contributed by atoms with Gasteiger partial charge in [-0.25, -0.2) is 0 Å². The van der Waals surface area contributed by atoms with Crippen LogP contribution in [-0.4, -0.2) is 30.1 Å². The van der Waals surface area contributed by atoms with Gasteiger partial charge in [0, 0.05) is 10.9 Å². The normalized spacial score (nSPS) is 10.4. The topological polar surface area (TPSA) is 88.7 Å². The molecule has 0 aromatic heterocycles. The fraction of sp³-hybridized carbons (Fsp3) is 0.222. The molecule has 0 aliphatic rings. The van der Waals surface area contributed by atoms with Gasteiger partial charge in [0.2, 0.25) is 0 Å². The molecule has 0 aliphatic carbocycles. The van der Waals surface area contributed by atoms with Gasteiger partial charge < -0.3 is 9.47 Å². The standard InChI is InChI=1S/C27H28BrN3O4S/c1-18(2)20-8-11-22(12-9-20)35-17-25(32)30-31-27(36)29-26(33)23-16-21(28)10-13-24(23)34-15-14-19-6-4-3-5-7-19/h3-13,16,18H,14-15,17H2,1-2H3,(H,30,32)(H2,29,31,33,36). The van der Waals surface area contributed by atoms with E-state index >= 15 is 0 Å². The van der Waals surface area contributed by atoms with E-state index in [1.807, 2.05) is 54.6 Å². The molecule has 3 N–H and O–H groups in total. The molecule has 0 radical (unpaired) electrons. The number of thiocarbonyl (C=S) groups is 1. The lowest BCUT2D eigenvalue weighted by atomic mass is 10.0. The molecular formula is C27H28BrN3O4S. The van der Waals surface area contributed by atoms with E-state index in [9.17, 15) is 9.59 Å². The van der Waals surface area contributed by atoms with E-state index < -0.39 is 11.8 Å². The van der Waals surface area contributed by atoms with Crippen molar-refractivity contribution in [1.29, 1.82) is 0 Å². The van der Waals surface area contributed by atoms with Gasteiger partial charge in [-0.2, -0.15) is 0 Å². The Labute approximate surface area is 224 Å². The maximum atomic E-state index is 12.8. The molecule has 0 heterocycles. The number of carbonyl (C=O) groups is 2. The van der Waals surface area contributed by atoms with Gasteiger partial charge in [-0.15, -0.1) is 0 Å². The molecule has 0 fully saturated rings. The number of carbonyl (C=O) groups excluding carboxylic acids is 2. The van der Waals surface area contributed by atoms with Crippen molar-refractivity contribution in [2.75, 3.05) is 13.2 Å². The zero-order valence-electron chi connectivity index (χ0n) is 20.0. The van der Waals surface area contributed by atoms with Gasteiger partial charge in [0.15, 0.2) is 11.7 Å². The number of halogens is 1. The lowest BCUT2D eigenvalue weighted by Gasteiger charge is -2.14. The molecule has 3 aromatic rings. The lowest BCUT2D eigenvalue weighted by Crippen LogP contribution is -2.49. The summed E-state index contributed by atoms with van der Waals surface area (Å²) in [5, 5.41) is 2.48. The van der Waals surface area contributed by atoms with Crippen molar-refractivity contribution in [3.05, 3.63) is 94.0 Å². The van der Waals surface area contributed by atoms with E-state index in [4.69, 9.17) is 21.7 Å². The van der Waals surface area contributed by atoms with Gasteiger partial charge in [0.1, 0.15) is 11.5 Å². The molecular weight excluding hydrogens is 542 g/mol. The summed E-state index contributed by atoms with van der Waals surface area (Å²) < 4.78 is 12.1. The van der Waals surface area contributed by atoms with E-state index in [-0.39, 0.29) is 11.7 Å². The predicted octanol–water partition coefficient (Wildman–Crippen LogP) is 4.91. The quantitative estimate of drug-likeness (QED) is 0.251. The minimum absolute atomic E-state index is 0.0650. The van der Waals surface area contributed by atoms with Gasteiger partial charge in [-0.05, 0) is 59.6 Å². The summed E-state index contributed by atoms with van der Waals surface area (Å²) in [5.41, 5.74) is 7.55. The largest absolute Gasteiger partial charge is 0.492 e. The van der Waals surface area contributed by atoms with Crippen molar-refractivity contribution < 1.29 is 19.1 Å². The number of ether oxygens (including phenoxy) is 2. The monoisotopic (exact) mass is 569 g/mol. The molecule has 9 heteroatoms. The van der Waals surface area contributed by atoms with E-state index in [1.165, 1.54) is 5.56 Å². The number of benzene rings is 3. The molecule has 0 saturated carbocycles. The van der Waals surface area contributed by atoms with Crippen LogP contribution in [0.1, 0.15) is 41.3 Å². The van der Waals surface area contributed by atoms with Crippen molar-refractivity contribution in [2.45, 2.75) is 26.2 Å². The summed E-state index contributed by atoms with van der Waals surface area (Å²) >= 11 is 8.52. The summed E-state index contributed by atoms with van der Waals surface area (Å²) in [6.45, 7) is 4.40. The average Bonchev–Trinajstić information content (AvgIpc) is 2.88. The van der Waals surface area contributed by atoms with E-state index in [0.717, 1.165) is 5.56 Å². The molecule has 3 aromatic carbocycles. The summed E-state index contributed by atoms with van der Waals surface area (Å²) in [7, 11) is 0. The van der Waals surface area contributed by atoms with E-state index in [1.54, 1.807) is 18.2 Å². The average molecular weight is 571 g/mol. The minimum atomic E-state index is -0.473. The molecule has 36 heavy (non-hydrogen) atoms. The number of hydrazine groups is 1. The van der Waals surface area contributed by atoms with Gasteiger partial charge in [0.05, 0.1) is 12.2 Å². The van der Waals surface area contributed by atoms with Gasteiger partial charge in [0.25, 0.3) is 11.8 Å². The lowest BCUT2D eigenvalue weighted by molar-refractivity contribution is -0.123. The van der Waals surface area contributed by atoms with Crippen LogP contribution in [-0.2, 0) is 11.2 Å². The third kappa shape index (κ3) is 8.66. The van der Waals surface area contributed by atoms with Gasteiger partial charge >= 0.3 is 0 Å². The first-order chi connectivity index (χ1) is 17.3. The van der Waals surface area contributed by atoms with Crippen LogP contribution in [0.4, 0.5) is 0 Å². The molecule has 7 nitrogen and oxygen atoms in total. The second-order valence-corrected chi connectivity index (χ2v) is 9.52. The Morgan fingerprint density at radius 2 is 1.67 bits per heavy atom. The third-order valence-electron chi connectivity index (χ3n) is 5.14. The number of hydrogen-bond donors (Lipinski definition) is 3. The number of nitrogens with one attached hydrogen (secondary N) is 3. The fourth-order valence-electron chi connectivity index (χ4n) is 3.19. The van der Waals surface area contributed by atoms with Crippen LogP contribution in [0.5, 0.6) is 11.5 Å². The SMILES string of the molecule is CC(C)c1ccc(OCC(=O)NNC(=S)NC(=O)c2cc(Br)ccc2OCCc2ccccc2)cc1. The van der Waals surface area contributed by atoms with Crippen LogP contribution in [0.2, 0.25) is 0 Å². The second kappa shape index (κ2) is 13.6. The fourth-order valence-corrected chi connectivity index (χ4v) is 3.70. The Kier molecular flexibility index (Phi) is 10.3. The first kappa shape index (κ1) is 27.2. The number of hydrogen-bond acceptors (Lipinski definition) is 5. The Balaban J connectivity index is 1.46. The van der Waals surface area contributed by atoms with Crippen molar-refractivity contribution in [1.82, 2.24) is 16.2 Å². The maximum Gasteiger partial charge on any atom is 0.276 e. The molecule has 2 amide bonds. The van der Waals surface area contributed by atoms with Crippen LogP contribution in [0.25, 0.3) is 0 Å². The highest BCUT2D eigenvalue weighted by molar-refractivity contribution is 9.10. The van der Waals surface area contributed by atoms with Crippen LogP contribution in [0.15, 0.2) is 77.3 Å². The molecule has 0 unspecified atom stereocenters. The predicted molar refractivity (Wildman–Crippen MR) is 147 cm³/mol. The Morgan fingerprint density at radius 1 is 0.944 bits per heavy atom. The summed E-state index contributed by atoms with van der Waals surface area (Å²) in [4.78, 5) is 24.9. The van der Waals surface area contributed by atoms with Crippen LogP contribution < -0.4 is 25.6 Å². The van der Waals surface area contributed by atoms with E-state index in [0.29, 0.717) is 40.5 Å². The minimum Gasteiger partial charge on any atom is -0.492 e. The van der Waals surface area contributed by atoms with Crippen molar-refractivity contribution >= 4 is 45.1 Å². The van der Waals surface area contributed by atoms with Crippen LogP contribution in [0.3, 0.4) is 0 Å². The van der Waals surface area contributed by atoms with Gasteiger partial charge in [-0.1, -0.05) is 72.2 Å². The Morgan fingerprint density at radius 3 is 2.36 bits per heavy atom.